The molecule has 4 rings (SSSR count). The van der Waals surface area contributed by atoms with Crippen LogP contribution in [-0.2, 0) is 11.3 Å². The highest BCUT2D eigenvalue weighted by Gasteiger charge is 2.27. The van der Waals surface area contributed by atoms with E-state index in [1.807, 2.05) is 0 Å². The van der Waals surface area contributed by atoms with Crippen molar-refractivity contribution < 1.29 is 24.2 Å². The molecule has 0 aliphatic carbocycles. The SMILES string of the molecule is CCOC(=O)c1c(-c2cccc(O)c2)oc2ccc(O)c(CN3CCCCC3)c12. The largest absolute Gasteiger partial charge is 0.508 e. The van der Waals surface area contributed by atoms with E-state index in [-0.39, 0.29) is 23.7 Å². The van der Waals surface area contributed by atoms with Gasteiger partial charge in [0.25, 0.3) is 0 Å². The minimum Gasteiger partial charge on any atom is -0.508 e. The first-order chi connectivity index (χ1) is 14.1. The summed E-state index contributed by atoms with van der Waals surface area (Å²) in [4.78, 5) is 15.2. The molecule has 0 amide bonds. The predicted molar refractivity (Wildman–Crippen MR) is 110 cm³/mol. The van der Waals surface area contributed by atoms with Gasteiger partial charge in [-0.1, -0.05) is 18.6 Å². The minimum atomic E-state index is -0.505. The highest BCUT2D eigenvalue weighted by Crippen LogP contribution is 2.40. The lowest BCUT2D eigenvalue weighted by Crippen LogP contribution is -2.29. The van der Waals surface area contributed by atoms with Gasteiger partial charge in [0.2, 0.25) is 0 Å². The van der Waals surface area contributed by atoms with Crippen LogP contribution in [0.5, 0.6) is 11.5 Å². The van der Waals surface area contributed by atoms with Crippen LogP contribution in [0.25, 0.3) is 22.3 Å². The highest BCUT2D eigenvalue weighted by atomic mass is 16.5. The Bertz CT molecular complexity index is 1030. The zero-order chi connectivity index (χ0) is 20.4. The number of ether oxygens (including phenoxy) is 1. The normalized spacial score (nSPS) is 14.9. The Morgan fingerprint density at radius 1 is 1.14 bits per heavy atom. The van der Waals surface area contributed by atoms with Crippen LogP contribution >= 0.6 is 0 Å². The molecule has 152 valence electrons. The summed E-state index contributed by atoms with van der Waals surface area (Å²) in [6.45, 7) is 4.43. The van der Waals surface area contributed by atoms with Crippen molar-refractivity contribution >= 4 is 16.9 Å². The molecule has 6 heteroatoms. The van der Waals surface area contributed by atoms with Gasteiger partial charge in [0.1, 0.15) is 28.4 Å². The summed E-state index contributed by atoms with van der Waals surface area (Å²) in [6.07, 6.45) is 3.47. The predicted octanol–water partition coefficient (Wildman–Crippen LogP) is 4.67. The number of furan rings is 1. The highest BCUT2D eigenvalue weighted by molar-refractivity contribution is 6.10. The van der Waals surface area contributed by atoms with Gasteiger partial charge in [0.15, 0.2) is 0 Å². The summed E-state index contributed by atoms with van der Waals surface area (Å²) in [5, 5.41) is 21.1. The third-order valence-electron chi connectivity index (χ3n) is 5.36. The van der Waals surface area contributed by atoms with Gasteiger partial charge >= 0.3 is 5.97 Å². The maximum absolute atomic E-state index is 12.9. The van der Waals surface area contributed by atoms with Crippen molar-refractivity contribution in [1.29, 1.82) is 0 Å². The monoisotopic (exact) mass is 395 g/mol. The van der Waals surface area contributed by atoms with E-state index in [9.17, 15) is 15.0 Å². The van der Waals surface area contributed by atoms with E-state index in [2.05, 4.69) is 4.90 Å². The van der Waals surface area contributed by atoms with E-state index in [0.29, 0.717) is 34.4 Å². The maximum atomic E-state index is 12.9. The summed E-state index contributed by atoms with van der Waals surface area (Å²) in [7, 11) is 0. The van der Waals surface area contributed by atoms with Crippen LogP contribution in [0.15, 0.2) is 40.8 Å². The van der Waals surface area contributed by atoms with E-state index < -0.39 is 5.97 Å². The topological polar surface area (TPSA) is 83.1 Å². The number of carbonyl (C=O) groups excluding carboxylic acids is 1. The minimum absolute atomic E-state index is 0.0779. The van der Waals surface area contributed by atoms with Crippen LogP contribution in [0.4, 0.5) is 0 Å². The molecule has 1 saturated heterocycles. The van der Waals surface area contributed by atoms with Crippen LogP contribution in [0.2, 0.25) is 0 Å². The Labute approximate surface area is 169 Å². The molecule has 1 aliphatic rings. The number of phenolic OH excluding ortho intramolecular Hbond substituents is 2. The van der Waals surface area contributed by atoms with Gasteiger partial charge in [-0.15, -0.1) is 0 Å². The molecular formula is C23H25NO5. The number of phenols is 2. The molecule has 3 aromatic rings. The summed E-state index contributed by atoms with van der Waals surface area (Å²) >= 11 is 0. The average Bonchev–Trinajstić information content (AvgIpc) is 3.11. The number of likely N-dealkylation sites (tertiary alicyclic amines) is 1. The van der Waals surface area contributed by atoms with Gasteiger partial charge in [-0.05, 0) is 57.1 Å². The molecule has 0 spiro atoms. The molecule has 2 aromatic carbocycles. The lowest BCUT2D eigenvalue weighted by atomic mass is 9.99. The molecule has 0 saturated carbocycles. The summed E-state index contributed by atoms with van der Waals surface area (Å²) < 4.78 is 11.4. The maximum Gasteiger partial charge on any atom is 0.342 e. The molecule has 0 bridgehead atoms. The van der Waals surface area contributed by atoms with E-state index in [4.69, 9.17) is 9.15 Å². The van der Waals surface area contributed by atoms with Crippen molar-refractivity contribution in [3.05, 3.63) is 47.5 Å². The summed E-state index contributed by atoms with van der Waals surface area (Å²) in [5.74, 6) is 0.0426. The number of esters is 1. The molecule has 2 N–H and O–H groups in total. The second kappa shape index (κ2) is 8.17. The van der Waals surface area contributed by atoms with E-state index in [0.717, 1.165) is 25.9 Å². The smallest absolute Gasteiger partial charge is 0.342 e. The molecular weight excluding hydrogens is 370 g/mol. The molecule has 0 radical (unpaired) electrons. The van der Waals surface area contributed by atoms with E-state index in [1.165, 1.54) is 6.42 Å². The zero-order valence-electron chi connectivity index (χ0n) is 16.5. The van der Waals surface area contributed by atoms with Crippen molar-refractivity contribution in [2.75, 3.05) is 19.7 Å². The first-order valence-corrected chi connectivity index (χ1v) is 10.0. The number of piperidine rings is 1. The fourth-order valence-electron chi connectivity index (χ4n) is 4.00. The van der Waals surface area contributed by atoms with Gasteiger partial charge in [-0.2, -0.15) is 0 Å². The number of fused-ring (bicyclic) bond motifs is 1. The molecule has 0 atom stereocenters. The van der Waals surface area contributed by atoms with Crippen molar-refractivity contribution in [2.45, 2.75) is 32.7 Å². The molecule has 29 heavy (non-hydrogen) atoms. The number of hydrogen-bond acceptors (Lipinski definition) is 6. The Kier molecular flexibility index (Phi) is 5.45. The van der Waals surface area contributed by atoms with Crippen molar-refractivity contribution in [2.24, 2.45) is 0 Å². The fourth-order valence-corrected chi connectivity index (χ4v) is 4.00. The number of carbonyl (C=O) groups is 1. The second-order valence-corrected chi connectivity index (χ2v) is 7.35. The molecule has 1 aromatic heterocycles. The molecule has 0 unspecified atom stereocenters. The second-order valence-electron chi connectivity index (χ2n) is 7.35. The number of hydrogen-bond donors (Lipinski definition) is 2. The first kappa shape index (κ1) is 19.3. The van der Waals surface area contributed by atoms with Crippen LogP contribution in [0.3, 0.4) is 0 Å². The van der Waals surface area contributed by atoms with Crippen LogP contribution < -0.4 is 0 Å². The zero-order valence-corrected chi connectivity index (χ0v) is 16.5. The Morgan fingerprint density at radius 2 is 1.93 bits per heavy atom. The Hall–Kier alpha value is -2.99. The average molecular weight is 395 g/mol. The molecule has 1 fully saturated rings. The standard InChI is InChI=1S/C23H25NO5/c1-2-28-23(27)21-20-17(14-24-11-4-3-5-12-24)18(26)9-10-19(20)29-22(21)15-7-6-8-16(25)13-15/h6-10,13,25-26H,2-5,11-12,14H2,1H3. The van der Waals surface area contributed by atoms with Gasteiger partial charge in [0.05, 0.1) is 6.61 Å². The van der Waals surface area contributed by atoms with Gasteiger partial charge in [0, 0.05) is 23.1 Å². The van der Waals surface area contributed by atoms with Gasteiger partial charge in [-0.3, -0.25) is 4.90 Å². The van der Waals surface area contributed by atoms with Crippen molar-refractivity contribution in [3.63, 3.8) is 0 Å². The number of aromatic hydroxyl groups is 2. The third-order valence-corrected chi connectivity index (χ3v) is 5.36. The lowest BCUT2D eigenvalue weighted by Gasteiger charge is -2.27. The number of benzene rings is 2. The quantitative estimate of drug-likeness (QED) is 0.611. The van der Waals surface area contributed by atoms with Crippen LogP contribution in [0.1, 0.15) is 42.1 Å². The lowest BCUT2D eigenvalue weighted by molar-refractivity contribution is 0.0528. The Morgan fingerprint density at radius 3 is 2.66 bits per heavy atom. The summed E-state index contributed by atoms with van der Waals surface area (Å²) in [5.41, 5.74) is 2.04. The van der Waals surface area contributed by atoms with Crippen LogP contribution in [0, 0.1) is 0 Å². The van der Waals surface area contributed by atoms with Crippen molar-refractivity contribution in [1.82, 2.24) is 4.90 Å². The third kappa shape index (κ3) is 3.80. The van der Waals surface area contributed by atoms with Gasteiger partial charge < -0.3 is 19.4 Å². The summed E-state index contributed by atoms with van der Waals surface area (Å²) in [6, 6.07) is 9.84. The Balaban J connectivity index is 1.91. The molecule has 2 heterocycles. The number of rotatable bonds is 5. The van der Waals surface area contributed by atoms with E-state index >= 15 is 0 Å². The molecule has 1 aliphatic heterocycles. The van der Waals surface area contributed by atoms with Crippen LogP contribution in [-0.4, -0.2) is 40.8 Å². The molecule has 6 nitrogen and oxygen atoms in total. The number of nitrogens with zero attached hydrogens (tertiary/aromatic N) is 1. The fraction of sp³-hybridized carbons (Fsp3) is 0.348. The van der Waals surface area contributed by atoms with Crippen molar-refractivity contribution in [3.8, 4) is 22.8 Å². The van der Waals surface area contributed by atoms with E-state index in [1.54, 1.807) is 43.3 Å². The first-order valence-electron chi connectivity index (χ1n) is 10.0. The van der Waals surface area contributed by atoms with Gasteiger partial charge in [-0.25, -0.2) is 4.79 Å².